The van der Waals surface area contributed by atoms with Crippen molar-refractivity contribution in [3.63, 3.8) is 0 Å². The highest BCUT2D eigenvalue weighted by Gasteiger charge is 2.21. The first-order chi connectivity index (χ1) is 14.6. The maximum absolute atomic E-state index is 13.2. The summed E-state index contributed by atoms with van der Waals surface area (Å²) in [7, 11) is 0. The molecule has 0 radical (unpaired) electrons. The number of nitrogens with zero attached hydrogens (tertiary/aromatic N) is 2. The normalized spacial score (nSPS) is 10.9. The number of amides is 1. The predicted octanol–water partition coefficient (Wildman–Crippen LogP) is 5.92. The highest BCUT2D eigenvalue weighted by Crippen LogP contribution is 2.32. The second-order valence-electron chi connectivity index (χ2n) is 7.30. The zero-order valence-electron chi connectivity index (χ0n) is 17.2. The number of aromatic nitrogens is 1. The molecule has 0 aliphatic carbocycles. The molecule has 0 aliphatic heterocycles. The van der Waals surface area contributed by atoms with Gasteiger partial charge >= 0.3 is 0 Å². The van der Waals surface area contributed by atoms with Crippen molar-refractivity contribution < 1.29 is 9.53 Å². The Kier molecular flexibility index (Phi) is 6.10. The maximum atomic E-state index is 13.2. The summed E-state index contributed by atoms with van der Waals surface area (Å²) in [5.74, 6) is 0.772. The molecule has 0 N–H and O–H groups in total. The number of aryl methyl sites for hydroxylation is 2. The van der Waals surface area contributed by atoms with Crippen LogP contribution in [0.4, 0.5) is 5.13 Å². The summed E-state index contributed by atoms with van der Waals surface area (Å²) in [4.78, 5) is 19.8. The van der Waals surface area contributed by atoms with Crippen molar-refractivity contribution in [3.8, 4) is 5.75 Å². The molecule has 4 rings (SSSR count). The number of thiazole rings is 1. The summed E-state index contributed by atoms with van der Waals surface area (Å²) in [6.07, 6.45) is 0.287. The van der Waals surface area contributed by atoms with Gasteiger partial charge in [-0.3, -0.25) is 9.69 Å². The number of rotatable bonds is 7. The molecule has 0 saturated carbocycles. The molecule has 1 heterocycles. The minimum absolute atomic E-state index is 0.00298. The zero-order valence-corrected chi connectivity index (χ0v) is 18.0. The average Bonchev–Trinajstić information content (AvgIpc) is 3.17. The van der Waals surface area contributed by atoms with Crippen molar-refractivity contribution in [3.05, 3.63) is 89.5 Å². The molecule has 152 valence electrons. The lowest BCUT2D eigenvalue weighted by Crippen LogP contribution is -2.31. The summed E-state index contributed by atoms with van der Waals surface area (Å²) in [6.45, 7) is 4.97. The lowest BCUT2D eigenvalue weighted by Gasteiger charge is -2.20. The van der Waals surface area contributed by atoms with Gasteiger partial charge in [0.05, 0.1) is 29.8 Å². The molecular weight excluding hydrogens is 392 g/mol. The summed E-state index contributed by atoms with van der Waals surface area (Å²) in [6, 6.07) is 23.8. The van der Waals surface area contributed by atoms with Gasteiger partial charge in [-0.1, -0.05) is 65.9 Å². The number of para-hydroxylation sites is 1. The van der Waals surface area contributed by atoms with Crippen LogP contribution in [0.25, 0.3) is 10.2 Å². The van der Waals surface area contributed by atoms with Crippen molar-refractivity contribution in [2.45, 2.75) is 26.8 Å². The molecule has 0 atom stereocenters. The third-order valence-corrected chi connectivity index (χ3v) is 5.89. The summed E-state index contributed by atoms with van der Waals surface area (Å²) in [5, 5.41) is 0.729. The summed E-state index contributed by atoms with van der Waals surface area (Å²) >= 11 is 1.56. The first-order valence-electron chi connectivity index (χ1n) is 10.00. The molecule has 0 saturated heterocycles. The van der Waals surface area contributed by atoms with Crippen molar-refractivity contribution in [2.24, 2.45) is 0 Å². The van der Waals surface area contributed by atoms with Gasteiger partial charge in [0.25, 0.3) is 0 Å². The van der Waals surface area contributed by atoms with E-state index in [9.17, 15) is 4.79 Å². The Bertz CT molecular complexity index is 1140. The van der Waals surface area contributed by atoms with Gasteiger partial charge in [-0.05, 0) is 48.7 Å². The fourth-order valence-corrected chi connectivity index (χ4v) is 4.57. The first kappa shape index (κ1) is 20.1. The van der Waals surface area contributed by atoms with Crippen LogP contribution in [0.3, 0.4) is 0 Å². The highest BCUT2D eigenvalue weighted by atomic mass is 32.1. The number of carbonyl (C=O) groups is 1. The number of carbonyl (C=O) groups excluding carboxylic acids is 1. The SMILES string of the molecule is Cc1cc(C)c2nc(N(Cc3ccccc3)C(=O)CCOc3ccccc3)sc2c1. The second kappa shape index (κ2) is 9.09. The van der Waals surface area contributed by atoms with Crippen LogP contribution in [0.1, 0.15) is 23.1 Å². The van der Waals surface area contributed by atoms with Gasteiger partial charge in [-0.25, -0.2) is 4.98 Å². The van der Waals surface area contributed by atoms with Gasteiger partial charge in [-0.15, -0.1) is 0 Å². The van der Waals surface area contributed by atoms with E-state index in [4.69, 9.17) is 9.72 Å². The predicted molar refractivity (Wildman–Crippen MR) is 123 cm³/mol. The largest absolute Gasteiger partial charge is 0.493 e. The summed E-state index contributed by atoms with van der Waals surface area (Å²) in [5.41, 5.74) is 4.37. The van der Waals surface area contributed by atoms with Crippen molar-refractivity contribution in [1.82, 2.24) is 4.98 Å². The monoisotopic (exact) mass is 416 g/mol. The van der Waals surface area contributed by atoms with Crippen LogP contribution in [0, 0.1) is 13.8 Å². The van der Waals surface area contributed by atoms with Gasteiger partial charge in [0, 0.05) is 0 Å². The number of ether oxygens (including phenoxy) is 1. The van der Waals surface area contributed by atoms with E-state index in [1.165, 1.54) is 5.56 Å². The van der Waals surface area contributed by atoms with Gasteiger partial charge in [-0.2, -0.15) is 0 Å². The molecule has 4 nitrogen and oxygen atoms in total. The van der Waals surface area contributed by atoms with Crippen LogP contribution in [-0.2, 0) is 11.3 Å². The van der Waals surface area contributed by atoms with E-state index in [1.807, 2.05) is 60.7 Å². The molecule has 3 aromatic carbocycles. The summed E-state index contributed by atoms with van der Waals surface area (Å²) < 4.78 is 6.85. The average molecular weight is 417 g/mol. The number of benzene rings is 3. The Morgan fingerprint density at radius 1 is 1.00 bits per heavy atom. The molecule has 0 aliphatic rings. The van der Waals surface area contributed by atoms with Gasteiger partial charge in [0.15, 0.2) is 5.13 Å². The molecular formula is C25H24N2O2S. The molecule has 4 aromatic rings. The Labute approximate surface area is 180 Å². The topological polar surface area (TPSA) is 42.4 Å². The van der Waals surface area contributed by atoms with Crippen LogP contribution in [0.15, 0.2) is 72.8 Å². The third kappa shape index (κ3) is 4.69. The molecule has 0 unspecified atom stereocenters. The molecule has 0 fully saturated rings. The molecule has 1 amide bonds. The van der Waals surface area contributed by atoms with Crippen LogP contribution in [-0.4, -0.2) is 17.5 Å². The van der Waals surface area contributed by atoms with E-state index in [0.29, 0.717) is 13.2 Å². The van der Waals surface area contributed by atoms with E-state index in [2.05, 4.69) is 26.0 Å². The van der Waals surface area contributed by atoms with E-state index >= 15 is 0 Å². The molecule has 5 heteroatoms. The molecule has 0 bridgehead atoms. The quantitative estimate of drug-likeness (QED) is 0.376. The van der Waals surface area contributed by atoms with E-state index in [1.54, 1.807) is 16.2 Å². The van der Waals surface area contributed by atoms with Crippen molar-refractivity contribution >= 4 is 32.6 Å². The lowest BCUT2D eigenvalue weighted by atomic mass is 10.1. The van der Waals surface area contributed by atoms with E-state index in [0.717, 1.165) is 32.2 Å². The smallest absolute Gasteiger partial charge is 0.232 e. The Morgan fingerprint density at radius 2 is 1.70 bits per heavy atom. The number of anilines is 1. The second-order valence-corrected chi connectivity index (χ2v) is 8.31. The van der Waals surface area contributed by atoms with E-state index < -0.39 is 0 Å². The van der Waals surface area contributed by atoms with Crippen molar-refractivity contribution in [2.75, 3.05) is 11.5 Å². The third-order valence-electron chi connectivity index (χ3n) is 4.86. The van der Waals surface area contributed by atoms with Gasteiger partial charge < -0.3 is 4.74 Å². The minimum atomic E-state index is 0.00298. The number of hydrogen-bond acceptors (Lipinski definition) is 4. The van der Waals surface area contributed by atoms with Crippen LogP contribution >= 0.6 is 11.3 Å². The van der Waals surface area contributed by atoms with Crippen LogP contribution < -0.4 is 9.64 Å². The zero-order chi connectivity index (χ0) is 20.9. The number of hydrogen-bond donors (Lipinski definition) is 0. The van der Waals surface area contributed by atoms with Crippen molar-refractivity contribution in [1.29, 1.82) is 0 Å². The van der Waals surface area contributed by atoms with Crippen LogP contribution in [0.2, 0.25) is 0 Å². The Hall–Kier alpha value is -3.18. The maximum Gasteiger partial charge on any atom is 0.232 e. The standard InChI is InChI=1S/C25H24N2O2S/c1-18-15-19(2)24-22(16-18)30-25(26-24)27(17-20-9-5-3-6-10-20)23(28)13-14-29-21-11-7-4-8-12-21/h3-12,15-16H,13-14,17H2,1-2H3. The molecule has 1 aromatic heterocycles. The van der Waals surface area contributed by atoms with Gasteiger partial charge in [0.2, 0.25) is 5.91 Å². The fourth-order valence-electron chi connectivity index (χ4n) is 3.41. The van der Waals surface area contributed by atoms with E-state index in [-0.39, 0.29) is 12.3 Å². The number of fused-ring (bicyclic) bond motifs is 1. The van der Waals surface area contributed by atoms with Gasteiger partial charge in [0.1, 0.15) is 5.75 Å². The molecule has 30 heavy (non-hydrogen) atoms. The first-order valence-corrected chi connectivity index (χ1v) is 10.8. The fraction of sp³-hybridized carbons (Fsp3) is 0.200. The lowest BCUT2D eigenvalue weighted by molar-refractivity contribution is -0.119. The Morgan fingerprint density at radius 3 is 2.43 bits per heavy atom. The van der Waals surface area contributed by atoms with Crippen LogP contribution in [0.5, 0.6) is 5.75 Å². The Balaban J connectivity index is 1.57. The minimum Gasteiger partial charge on any atom is -0.493 e. The highest BCUT2D eigenvalue weighted by molar-refractivity contribution is 7.22. The molecule has 0 spiro atoms.